The monoisotopic (exact) mass is 264 g/mol. The highest BCUT2D eigenvalue weighted by Crippen LogP contribution is 2.28. The van der Waals surface area contributed by atoms with Gasteiger partial charge in [0, 0.05) is 5.69 Å². The maximum absolute atomic E-state index is 9.45. The quantitative estimate of drug-likeness (QED) is 0.825. The van der Waals surface area contributed by atoms with Gasteiger partial charge in [-0.25, -0.2) is 0 Å². The minimum absolute atomic E-state index is 0.127. The van der Waals surface area contributed by atoms with Gasteiger partial charge in [-0.1, -0.05) is 57.2 Å². The Morgan fingerprint density at radius 2 is 1.35 bits per heavy atom. The molecule has 0 aromatic heterocycles. The smallest absolute Gasteiger partial charge is 0.0962 e. The van der Waals surface area contributed by atoms with Crippen LogP contribution in [0.3, 0.4) is 0 Å². The lowest BCUT2D eigenvalue weighted by atomic mass is 9.84. The van der Waals surface area contributed by atoms with Crippen LogP contribution >= 0.6 is 0 Å². The first kappa shape index (κ1) is 14.1. The van der Waals surface area contributed by atoms with E-state index in [0.29, 0.717) is 5.69 Å². The van der Waals surface area contributed by atoms with Gasteiger partial charge < -0.3 is 5.73 Å². The van der Waals surface area contributed by atoms with Gasteiger partial charge in [0.1, 0.15) is 0 Å². The number of hydrogen-bond acceptors (Lipinski definition) is 2. The van der Waals surface area contributed by atoms with E-state index in [1.165, 1.54) is 5.56 Å². The molecular weight excluding hydrogens is 244 g/mol. The molecule has 0 saturated heterocycles. The summed E-state index contributed by atoms with van der Waals surface area (Å²) in [6, 6.07) is 18.2. The third kappa shape index (κ3) is 3.00. The van der Waals surface area contributed by atoms with Crippen LogP contribution in [-0.2, 0) is 5.41 Å². The largest absolute Gasteiger partial charge is 0.399 e. The van der Waals surface area contributed by atoms with E-state index in [9.17, 15) is 5.26 Å². The topological polar surface area (TPSA) is 49.8 Å². The third-order valence-corrected chi connectivity index (χ3v) is 3.51. The Morgan fingerprint density at radius 1 is 0.900 bits per heavy atom. The van der Waals surface area contributed by atoms with Crippen LogP contribution in [0.4, 0.5) is 5.69 Å². The molecule has 102 valence electrons. The fourth-order valence-electron chi connectivity index (χ4n) is 2.21. The lowest BCUT2D eigenvalue weighted by Gasteiger charge is -2.20. The first-order chi connectivity index (χ1) is 9.41. The Kier molecular flexibility index (Phi) is 3.81. The maximum Gasteiger partial charge on any atom is 0.0962 e. The number of nitriles is 1. The molecule has 0 saturated carbocycles. The molecular formula is C18H20N2. The minimum Gasteiger partial charge on any atom is -0.399 e. The van der Waals surface area contributed by atoms with E-state index in [2.05, 4.69) is 39.0 Å². The Labute approximate surface area is 120 Å². The van der Waals surface area contributed by atoms with Gasteiger partial charge in [0.15, 0.2) is 0 Å². The summed E-state index contributed by atoms with van der Waals surface area (Å²) in [7, 11) is 0. The average Bonchev–Trinajstić information content (AvgIpc) is 2.41. The molecule has 0 fully saturated rings. The molecule has 0 aliphatic rings. The maximum atomic E-state index is 9.45. The number of rotatable bonds is 2. The van der Waals surface area contributed by atoms with Crippen molar-refractivity contribution in [1.82, 2.24) is 0 Å². The predicted molar refractivity (Wildman–Crippen MR) is 83.5 cm³/mol. The summed E-state index contributed by atoms with van der Waals surface area (Å²) in [4.78, 5) is 0. The number of nitrogens with zero attached hydrogens (tertiary/aromatic N) is 1. The van der Waals surface area contributed by atoms with Crippen LogP contribution in [0.15, 0.2) is 48.5 Å². The van der Waals surface area contributed by atoms with E-state index >= 15 is 0 Å². The lowest BCUT2D eigenvalue weighted by molar-refractivity contribution is 0.590. The Bertz CT molecular complexity index is 610. The van der Waals surface area contributed by atoms with E-state index in [-0.39, 0.29) is 11.3 Å². The molecule has 0 heterocycles. The zero-order valence-electron chi connectivity index (χ0n) is 12.2. The predicted octanol–water partition coefficient (Wildman–Crippen LogP) is 4.22. The number of benzene rings is 2. The van der Waals surface area contributed by atoms with Crippen molar-refractivity contribution < 1.29 is 0 Å². The highest BCUT2D eigenvalue weighted by molar-refractivity contribution is 5.45. The van der Waals surface area contributed by atoms with Crippen LogP contribution in [0.2, 0.25) is 0 Å². The van der Waals surface area contributed by atoms with E-state index < -0.39 is 0 Å². The second-order valence-electron chi connectivity index (χ2n) is 6.10. The van der Waals surface area contributed by atoms with E-state index in [1.807, 2.05) is 36.4 Å². The van der Waals surface area contributed by atoms with Crippen molar-refractivity contribution in [3.8, 4) is 6.07 Å². The van der Waals surface area contributed by atoms with Crippen molar-refractivity contribution in [1.29, 1.82) is 5.26 Å². The molecule has 2 nitrogen and oxygen atoms in total. The summed E-state index contributed by atoms with van der Waals surface area (Å²) in [6.07, 6.45) is 0. The van der Waals surface area contributed by atoms with Crippen molar-refractivity contribution in [3.05, 3.63) is 65.2 Å². The zero-order valence-corrected chi connectivity index (χ0v) is 12.2. The highest BCUT2D eigenvalue weighted by Gasteiger charge is 2.16. The molecule has 2 heteroatoms. The van der Waals surface area contributed by atoms with Gasteiger partial charge in [-0.05, 0) is 34.2 Å². The van der Waals surface area contributed by atoms with Crippen LogP contribution in [0, 0.1) is 11.3 Å². The summed E-state index contributed by atoms with van der Waals surface area (Å²) in [5, 5.41) is 9.45. The Balaban J connectivity index is 2.34. The molecule has 2 aromatic rings. The molecule has 20 heavy (non-hydrogen) atoms. The molecule has 1 atom stereocenters. The molecule has 0 bridgehead atoms. The summed E-state index contributed by atoms with van der Waals surface area (Å²) < 4.78 is 0. The normalized spacial score (nSPS) is 12.7. The van der Waals surface area contributed by atoms with Crippen LogP contribution in [0.25, 0.3) is 0 Å². The van der Waals surface area contributed by atoms with E-state index in [0.717, 1.165) is 11.1 Å². The molecule has 0 aliphatic carbocycles. The highest BCUT2D eigenvalue weighted by atomic mass is 14.5. The Hall–Kier alpha value is -2.27. The first-order valence-corrected chi connectivity index (χ1v) is 6.77. The summed E-state index contributed by atoms with van der Waals surface area (Å²) >= 11 is 0. The number of nitrogens with two attached hydrogens (primary N) is 1. The first-order valence-electron chi connectivity index (χ1n) is 6.77. The molecule has 0 amide bonds. The van der Waals surface area contributed by atoms with Crippen molar-refractivity contribution in [2.45, 2.75) is 32.1 Å². The third-order valence-electron chi connectivity index (χ3n) is 3.51. The van der Waals surface area contributed by atoms with E-state index in [4.69, 9.17) is 5.73 Å². The lowest BCUT2D eigenvalue weighted by Crippen LogP contribution is -2.11. The molecule has 1 unspecified atom stereocenters. The number of hydrogen-bond donors (Lipinski definition) is 1. The SMILES string of the molecule is CC(C)(C)c1ccc(C(C#N)c2ccc(N)cc2)cc1. The number of nitrogen functional groups attached to an aromatic ring is 1. The second kappa shape index (κ2) is 5.38. The van der Waals surface area contributed by atoms with Gasteiger partial charge in [0.2, 0.25) is 0 Å². The summed E-state index contributed by atoms with van der Waals surface area (Å²) in [6.45, 7) is 6.55. The van der Waals surface area contributed by atoms with Crippen molar-refractivity contribution in [2.24, 2.45) is 0 Å². The van der Waals surface area contributed by atoms with Gasteiger partial charge in [0.05, 0.1) is 12.0 Å². The molecule has 2 rings (SSSR count). The van der Waals surface area contributed by atoms with Crippen LogP contribution in [0.5, 0.6) is 0 Å². The average molecular weight is 264 g/mol. The van der Waals surface area contributed by atoms with Crippen molar-refractivity contribution >= 4 is 5.69 Å². The van der Waals surface area contributed by atoms with Crippen LogP contribution in [-0.4, -0.2) is 0 Å². The van der Waals surface area contributed by atoms with Crippen LogP contribution < -0.4 is 5.73 Å². The summed E-state index contributed by atoms with van der Waals surface area (Å²) in [5.74, 6) is -0.246. The fourth-order valence-corrected chi connectivity index (χ4v) is 2.21. The molecule has 0 aliphatic heterocycles. The van der Waals surface area contributed by atoms with Crippen molar-refractivity contribution in [3.63, 3.8) is 0 Å². The van der Waals surface area contributed by atoms with Gasteiger partial charge >= 0.3 is 0 Å². The molecule has 2 aromatic carbocycles. The Morgan fingerprint density at radius 3 is 1.75 bits per heavy atom. The summed E-state index contributed by atoms with van der Waals surface area (Å²) in [5.41, 5.74) is 9.80. The molecule has 0 spiro atoms. The molecule has 2 N–H and O–H groups in total. The van der Waals surface area contributed by atoms with Gasteiger partial charge in [-0.3, -0.25) is 0 Å². The second-order valence-corrected chi connectivity index (χ2v) is 6.10. The van der Waals surface area contributed by atoms with E-state index in [1.54, 1.807) is 0 Å². The van der Waals surface area contributed by atoms with Gasteiger partial charge in [-0.15, -0.1) is 0 Å². The van der Waals surface area contributed by atoms with Gasteiger partial charge in [-0.2, -0.15) is 5.26 Å². The standard InChI is InChI=1S/C18H20N2/c1-18(2,3)15-8-4-13(5-9-15)17(12-19)14-6-10-16(20)11-7-14/h4-11,17H,20H2,1-3H3. The minimum atomic E-state index is -0.246. The molecule has 0 radical (unpaired) electrons. The van der Waals surface area contributed by atoms with Crippen molar-refractivity contribution in [2.75, 3.05) is 5.73 Å². The number of anilines is 1. The fraction of sp³-hybridized carbons (Fsp3) is 0.278. The van der Waals surface area contributed by atoms with Gasteiger partial charge in [0.25, 0.3) is 0 Å². The van der Waals surface area contributed by atoms with Crippen LogP contribution in [0.1, 0.15) is 43.4 Å². The zero-order chi connectivity index (χ0) is 14.8.